The van der Waals surface area contributed by atoms with Crippen molar-refractivity contribution < 1.29 is 4.74 Å². The first-order valence-corrected chi connectivity index (χ1v) is 8.68. The van der Waals surface area contributed by atoms with Gasteiger partial charge in [-0.05, 0) is 30.2 Å². The minimum Gasteiger partial charge on any atom is -0.487 e. The zero-order chi connectivity index (χ0) is 15.3. The number of rotatable bonds is 8. The van der Waals surface area contributed by atoms with Crippen LogP contribution in [0.5, 0.6) is 5.06 Å². The SMILES string of the molecule is CCCCCCC(C)(c1ccn(C)c1)c1ccc(OC)s1. The van der Waals surface area contributed by atoms with Gasteiger partial charge in [-0.25, -0.2) is 0 Å². The molecule has 116 valence electrons. The second-order valence-electron chi connectivity index (χ2n) is 6.03. The van der Waals surface area contributed by atoms with Crippen LogP contribution in [0.4, 0.5) is 0 Å². The normalized spacial score (nSPS) is 14.1. The van der Waals surface area contributed by atoms with Crippen molar-refractivity contribution in [1.82, 2.24) is 4.57 Å². The Labute approximate surface area is 132 Å². The van der Waals surface area contributed by atoms with E-state index < -0.39 is 0 Å². The number of methoxy groups -OCH3 is 1. The van der Waals surface area contributed by atoms with Gasteiger partial charge in [0, 0.05) is 29.7 Å². The number of hydrogen-bond donors (Lipinski definition) is 0. The van der Waals surface area contributed by atoms with E-state index in [4.69, 9.17) is 4.74 Å². The first kappa shape index (κ1) is 16.2. The van der Waals surface area contributed by atoms with Crippen molar-refractivity contribution in [1.29, 1.82) is 0 Å². The molecule has 0 aliphatic rings. The molecule has 2 heterocycles. The molecule has 21 heavy (non-hydrogen) atoms. The first-order valence-electron chi connectivity index (χ1n) is 7.87. The lowest BCUT2D eigenvalue weighted by molar-refractivity contribution is 0.427. The molecule has 0 aliphatic carbocycles. The molecule has 2 aromatic heterocycles. The van der Waals surface area contributed by atoms with Crippen molar-refractivity contribution >= 4 is 11.3 Å². The van der Waals surface area contributed by atoms with Gasteiger partial charge < -0.3 is 9.30 Å². The lowest BCUT2D eigenvalue weighted by Crippen LogP contribution is -2.21. The largest absolute Gasteiger partial charge is 0.487 e. The topological polar surface area (TPSA) is 14.2 Å². The molecular weight excluding hydrogens is 278 g/mol. The van der Waals surface area contributed by atoms with Gasteiger partial charge >= 0.3 is 0 Å². The highest BCUT2D eigenvalue weighted by Gasteiger charge is 2.31. The lowest BCUT2D eigenvalue weighted by atomic mass is 9.78. The van der Waals surface area contributed by atoms with Crippen LogP contribution in [-0.2, 0) is 12.5 Å². The first-order chi connectivity index (χ1) is 10.1. The fourth-order valence-corrected chi connectivity index (χ4v) is 3.89. The minimum absolute atomic E-state index is 0.0937. The van der Waals surface area contributed by atoms with Crippen molar-refractivity contribution in [3.05, 3.63) is 41.0 Å². The van der Waals surface area contributed by atoms with Crippen LogP contribution < -0.4 is 4.74 Å². The van der Waals surface area contributed by atoms with Gasteiger partial charge in [0.25, 0.3) is 0 Å². The number of aryl methyl sites for hydroxylation is 1. The van der Waals surface area contributed by atoms with Crippen LogP contribution in [0, 0.1) is 0 Å². The standard InChI is InChI=1S/C18H27NOS/c1-5-6-7-8-12-18(2,15-11-13-19(3)14-15)16-9-10-17(20-4)21-16/h9-11,13-14H,5-8,12H2,1-4H3. The van der Waals surface area contributed by atoms with E-state index in [1.54, 1.807) is 18.4 Å². The van der Waals surface area contributed by atoms with Gasteiger partial charge in [-0.3, -0.25) is 0 Å². The van der Waals surface area contributed by atoms with E-state index in [1.165, 1.54) is 42.5 Å². The van der Waals surface area contributed by atoms with Crippen LogP contribution in [-0.4, -0.2) is 11.7 Å². The summed E-state index contributed by atoms with van der Waals surface area (Å²) in [7, 11) is 3.84. The average Bonchev–Trinajstić information content (AvgIpc) is 3.12. The summed E-state index contributed by atoms with van der Waals surface area (Å²) in [6, 6.07) is 6.58. The Hall–Kier alpha value is -1.22. The van der Waals surface area contributed by atoms with Crippen molar-refractivity contribution in [2.24, 2.45) is 7.05 Å². The summed E-state index contributed by atoms with van der Waals surface area (Å²) >= 11 is 1.78. The Morgan fingerprint density at radius 1 is 1.19 bits per heavy atom. The maximum absolute atomic E-state index is 5.39. The van der Waals surface area contributed by atoms with Crippen molar-refractivity contribution in [3.63, 3.8) is 0 Å². The molecule has 3 heteroatoms. The van der Waals surface area contributed by atoms with Crippen molar-refractivity contribution in [2.75, 3.05) is 7.11 Å². The van der Waals surface area contributed by atoms with Crippen molar-refractivity contribution in [2.45, 2.75) is 51.4 Å². The highest BCUT2D eigenvalue weighted by molar-refractivity contribution is 7.14. The number of aromatic nitrogens is 1. The molecule has 0 radical (unpaired) electrons. The zero-order valence-corrected chi connectivity index (χ0v) is 14.5. The monoisotopic (exact) mass is 305 g/mol. The summed E-state index contributed by atoms with van der Waals surface area (Å²) in [5.74, 6) is 0. The molecule has 0 saturated heterocycles. The fourth-order valence-electron chi connectivity index (χ4n) is 2.87. The summed E-state index contributed by atoms with van der Waals surface area (Å²) in [5, 5.41) is 1.00. The molecule has 0 aliphatic heterocycles. The molecular formula is C18H27NOS. The number of ether oxygens (including phenoxy) is 1. The van der Waals surface area contributed by atoms with Crippen LogP contribution in [0.2, 0.25) is 0 Å². The molecule has 0 saturated carbocycles. The van der Waals surface area contributed by atoms with Crippen LogP contribution in [0.15, 0.2) is 30.6 Å². The van der Waals surface area contributed by atoms with Gasteiger partial charge in [-0.2, -0.15) is 0 Å². The highest BCUT2D eigenvalue weighted by Crippen LogP contribution is 2.42. The number of hydrogen-bond acceptors (Lipinski definition) is 2. The Balaban J connectivity index is 2.24. The predicted molar refractivity (Wildman–Crippen MR) is 91.5 cm³/mol. The van der Waals surface area contributed by atoms with Gasteiger partial charge in [0.15, 0.2) is 5.06 Å². The third-order valence-electron chi connectivity index (χ3n) is 4.33. The summed E-state index contributed by atoms with van der Waals surface area (Å²) in [6.07, 6.45) is 10.8. The molecule has 2 nitrogen and oxygen atoms in total. The van der Waals surface area contributed by atoms with Gasteiger partial charge in [0.1, 0.15) is 0 Å². The van der Waals surface area contributed by atoms with E-state index in [-0.39, 0.29) is 5.41 Å². The second kappa shape index (κ2) is 7.17. The van der Waals surface area contributed by atoms with Crippen LogP contribution >= 0.6 is 11.3 Å². The van der Waals surface area contributed by atoms with E-state index in [1.807, 2.05) is 0 Å². The number of unbranched alkanes of at least 4 members (excludes halogenated alkanes) is 3. The quantitative estimate of drug-likeness (QED) is 0.598. The summed E-state index contributed by atoms with van der Waals surface area (Å²) in [4.78, 5) is 1.40. The molecule has 0 N–H and O–H groups in total. The van der Waals surface area contributed by atoms with Gasteiger partial charge in [-0.15, -0.1) is 11.3 Å². The molecule has 2 rings (SSSR count). The van der Waals surface area contributed by atoms with Crippen LogP contribution in [0.25, 0.3) is 0 Å². The van der Waals surface area contributed by atoms with Gasteiger partial charge in [0.2, 0.25) is 0 Å². The average molecular weight is 305 g/mol. The molecule has 1 atom stereocenters. The third-order valence-corrected chi connectivity index (χ3v) is 5.64. The molecule has 0 fully saturated rings. The number of nitrogens with zero attached hydrogens (tertiary/aromatic N) is 1. The van der Waals surface area contributed by atoms with Crippen LogP contribution in [0.3, 0.4) is 0 Å². The van der Waals surface area contributed by atoms with E-state index in [9.17, 15) is 0 Å². The number of thiophene rings is 1. The Bertz CT molecular complexity index is 557. The van der Waals surface area contributed by atoms with E-state index in [0.717, 1.165) is 5.06 Å². The predicted octanol–water partition coefficient (Wildman–Crippen LogP) is 5.37. The Morgan fingerprint density at radius 2 is 2.00 bits per heavy atom. The molecule has 0 amide bonds. The molecule has 2 aromatic rings. The molecule has 0 aromatic carbocycles. The summed E-state index contributed by atoms with van der Waals surface area (Å²) in [6.45, 7) is 4.64. The smallest absolute Gasteiger partial charge is 0.173 e. The van der Waals surface area contributed by atoms with E-state index in [2.05, 4.69) is 56.1 Å². The Morgan fingerprint density at radius 3 is 2.57 bits per heavy atom. The van der Waals surface area contributed by atoms with Crippen molar-refractivity contribution in [3.8, 4) is 5.06 Å². The summed E-state index contributed by atoms with van der Waals surface area (Å²) < 4.78 is 7.53. The Kier molecular flexibility index (Phi) is 5.51. The van der Waals surface area contributed by atoms with Crippen LogP contribution in [0.1, 0.15) is 56.4 Å². The molecule has 0 spiro atoms. The molecule has 1 unspecified atom stereocenters. The van der Waals surface area contributed by atoms with E-state index >= 15 is 0 Å². The molecule has 0 bridgehead atoms. The second-order valence-corrected chi connectivity index (χ2v) is 7.08. The summed E-state index contributed by atoms with van der Waals surface area (Å²) in [5.41, 5.74) is 1.50. The van der Waals surface area contributed by atoms with E-state index in [0.29, 0.717) is 0 Å². The highest BCUT2D eigenvalue weighted by atomic mass is 32.1. The van der Waals surface area contributed by atoms with Gasteiger partial charge in [0.05, 0.1) is 7.11 Å². The minimum atomic E-state index is 0.0937. The maximum atomic E-state index is 5.39. The maximum Gasteiger partial charge on any atom is 0.173 e. The zero-order valence-electron chi connectivity index (χ0n) is 13.7. The third kappa shape index (κ3) is 3.70. The van der Waals surface area contributed by atoms with Gasteiger partial charge in [-0.1, -0.05) is 39.5 Å². The lowest BCUT2D eigenvalue weighted by Gasteiger charge is -2.28. The fraction of sp³-hybridized carbons (Fsp3) is 0.556.